The minimum Gasteiger partial charge on any atom is -0.463 e. The van der Waals surface area contributed by atoms with E-state index >= 15 is 0 Å². The molecule has 0 amide bonds. The van der Waals surface area contributed by atoms with Gasteiger partial charge in [-0.25, -0.2) is 4.98 Å². The summed E-state index contributed by atoms with van der Waals surface area (Å²) < 4.78 is 11.5. The lowest BCUT2D eigenvalue weighted by atomic mass is 10.3. The zero-order valence-electron chi connectivity index (χ0n) is 12.1. The van der Waals surface area contributed by atoms with E-state index in [2.05, 4.69) is 36.1 Å². The molecule has 2 aromatic heterocycles. The Bertz CT molecular complexity index is 614. The first kappa shape index (κ1) is 15.3. The summed E-state index contributed by atoms with van der Waals surface area (Å²) in [5, 5.41) is 3.30. The molecule has 3 heterocycles. The van der Waals surface area contributed by atoms with E-state index in [1.54, 1.807) is 6.26 Å². The zero-order valence-corrected chi connectivity index (χ0v) is 13.7. The van der Waals surface area contributed by atoms with Crippen LogP contribution in [0.4, 0.5) is 11.8 Å². The molecular formula is C14H18BrN5O2. The average Bonchev–Trinajstić information content (AvgIpc) is 3.05. The lowest BCUT2D eigenvalue weighted by molar-refractivity contribution is 0.0398. The minimum absolute atomic E-state index is 0.212. The molecule has 8 heteroatoms. The smallest absolute Gasteiger partial charge is 0.222 e. The van der Waals surface area contributed by atoms with Crippen LogP contribution in [0.2, 0.25) is 0 Å². The van der Waals surface area contributed by atoms with Gasteiger partial charge in [-0.15, -0.1) is 0 Å². The van der Waals surface area contributed by atoms with E-state index in [1.165, 1.54) is 0 Å². The van der Waals surface area contributed by atoms with E-state index in [0.29, 0.717) is 17.3 Å². The molecule has 1 aliphatic heterocycles. The summed E-state index contributed by atoms with van der Waals surface area (Å²) in [5.41, 5.74) is 6.44. The molecule has 22 heavy (non-hydrogen) atoms. The Labute approximate surface area is 137 Å². The first-order valence-electron chi connectivity index (χ1n) is 7.15. The van der Waals surface area contributed by atoms with E-state index < -0.39 is 0 Å². The minimum atomic E-state index is 0.212. The average molecular weight is 368 g/mol. The molecule has 0 bridgehead atoms. The highest BCUT2D eigenvalue weighted by atomic mass is 79.9. The fraction of sp³-hybridized carbons (Fsp3) is 0.429. The summed E-state index contributed by atoms with van der Waals surface area (Å²) in [4.78, 5) is 10.8. The molecule has 0 saturated carbocycles. The summed E-state index contributed by atoms with van der Waals surface area (Å²) in [6, 6.07) is 3.65. The van der Waals surface area contributed by atoms with Crippen LogP contribution in [0, 0.1) is 0 Å². The quantitative estimate of drug-likeness (QED) is 0.832. The van der Waals surface area contributed by atoms with Crippen LogP contribution in [0.15, 0.2) is 27.3 Å². The predicted molar refractivity (Wildman–Crippen MR) is 87.6 cm³/mol. The number of nitrogens with zero attached hydrogens (tertiary/aromatic N) is 3. The fourth-order valence-corrected chi connectivity index (χ4v) is 2.83. The van der Waals surface area contributed by atoms with Crippen molar-refractivity contribution in [2.75, 3.05) is 50.4 Å². The van der Waals surface area contributed by atoms with Gasteiger partial charge in [-0.2, -0.15) is 4.98 Å². The number of furan rings is 1. The maximum atomic E-state index is 5.80. The molecule has 0 atom stereocenters. The molecule has 2 aromatic rings. The lowest BCUT2D eigenvalue weighted by Gasteiger charge is -2.26. The maximum absolute atomic E-state index is 5.80. The fourth-order valence-electron chi connectivity index (χ4n) is 2.32. The number of nitrogens with two attached hydrogens (primary N) is 1. The number of anilines is 2. The van der Waals surface area contributed by atoms with Crippen molar-refractivity contribution in [2.24, 2.45) is 0 Å². The van der Waals surface area contributed by atoms with Crippen molar-refractivity contribution < 1.29 is 9.15 Å². The monoisotopic (exact) mass is 367 g/mol. The Morgan fingerprint density at radius 1 is 1.32 bits per heavy atom. The summed E-state index contributed by atoms with van der Waals surface area (Å²) in [7, 11) is 0. The van der Waals surface area contributed by atoms with Crippen molar-refractivity contribution in [1.29, 1.82) is 0 Å². The van der Waals surface area contributed by atoms with Crippen LogP contribution in [0.3, 0.4) is 0 Å². The Hall–Kier alpha value is -1.64. The van der Waals surface area contributed by atoms with Gasteiger partial charge < -0.3 is 20.2 Å². The molecule has 0 unspecified atom stereocenters. The topological polar surface area (TPSA) is 89.4 Å². The molecule has 1 saturated heterocycles. The number of nitrogens with one attached hydrogen (secondary N) is 1. The van der Waals surface area contributed by atoms with E-state index in [0.717, 1.165) is 43.9 Å². The van der Waals surface area contributed by atoms with Crippen LogP contribution in [0.1, 0.15) is 0 Å². The van der Waals surface area contributed by atoms with Gasteiger partial charge >= 0.3 is 0 Å². The number of halogens is 1. The van der Waals surface area contributed by atoms with Crippen LogP contribution in [-0.4, -0.2) is 54.3 Å². The molecule has 3 rings (SSSR count). The highest BCUT2D eigenvalue weighted by molar-refractivity contribution is 9.10. The van der Waals surface area contributed by atoms with E-state index in [-0.39, 0.29) is 5.95 Å². The van der Waals surface area contributed by atoms with Crippen molar-refractivity contribution in [3.05, 3.63) is 22.9 Å². The van der Waals surface area contributed by atoms with Gasteiger partial charge in [0.1, 0.15) is 11.5 Å². The Morgan fingerprint density at radius 2 is 2.14 bits per heavy atom. The molecule has 0 radical (unpaired) electrons. The molecular weight excluding hydrogens is 350 g/mol. The van der Waals surface area contributed by atoms with Gasteiger partial charge in [0, 0.05) is 26.2 Å². The van der Waals surface area contributed by atoms with Crippen LogP contribution < -0.4 is 11.1 Å². The van der Waals surface area contributed by atoms with Gasteiger partial charge in [0.15, 0.2) is 5.76 Å². The molecule has 0 spiro atoms. The molecule has 0 aliphatic carbocycles. The van der Waals surface area contributed by atoms with Crippen molar-refractivity contribution in [3.63, 3.8) is 0 Å². The van der Waals surface area contributed by atoms with Crippen molar-refractivity contribution in [1.82, 2.24) is 14.9 Å². The summed E-state index contributed by atoms with van der Waals surface area (Å²) >= 11 is 3.53. The molecule has 0 aromatic carbocycles. The number of aromatic nitrogens is 2. The van der Waals surface area contributed by atoms with Crippen LogP contribution in [0.25, 0.3) is 11.5 Å². The predicted octanol–water partition coefficient (Wildman–Crippen LogP) is 1.83. The highest BCUT2D eigenvalue weighted by Gasteiger charge is 2.15. The second-order valence-corrected chi connectivity index (χ2v) is 5.74. The van der Waals surface area contributed by atoms with E-state index in [9.17, 15) is 0 Å². The third kappa shape index (κ3) is 3.57. The van der Waals surface area contributed by atoms with Gasteiger partial charge in [-0.05, 0) is 28.1 Å². The van der Waals surface area contributed by atoms with E-state index in [1.807, 2.05) is 12.1 Å². The SMILES string of the molecule is Nc1nc(NCCN2CCOCC2)c(Br)c(-c2ccco2)n1. The van der Waals surface area contributed by atoms with Crippen LogP contribution >= 0.6 is 15.9 Å². The summed E-state index contributed by atoms with van der Waals surface area (Å²) in [6.07, 6.45) is 1.60. The first-order chi connectivity index (χ1) is 10.7. The standard InChI is InChI=1S/C14H18BrN5O2/c15-11-12(10-2-1-7-22-10)18-14(16)19-13(11)17-3-4-20-5-8-21-9-6-20/h1-2,7H,3-6,8-9H2,(H3,16,17,18,19). The summed E-state index contributed by atoms with van der Waals surface area (Å²) in [6.45, 7) is 5.22. The lowest BCUT2D eigenvalue weighted by Crippen LogP contribution is -2.39. The van der Waals surface area contributed by atoms with Crippen molar-refractivity contribution >= 4 is 27.7 Å². The van der Waals surface area contributed by atoms with Gasteiger partial charge in [-0.1, -0.05) is 0 Å². The van der Waals surface area contributed by atoms with Crippen LogP contribution in [-0.2, 0) is 4.74 Å². The highest BCUT2D eigenvalue weighted by Crippen LogP contribution is 2.32. The summed E-state index contributed by atoms with van der Waals surface area (Å²) in [5.74, 6) is 1.54. The third-order valence-corrected chi connectivity index (χ3v) is 4.20. The van der Waals surface area contributed by atoms with Crippen LogP contribution in [0.5, 0.6) is 0 Å². The first-order valence-corrected chi connectivity index (χ1v) is 7.94. The third-order valence-electron chi connectivity index (χ3n) is 3.45. The largest absolute Gasteiger partial charge is 0.463 e. The number of morpholine rings is 1. The zero-order chi connectivity index (χ0) is 15.4. The van der Waals surface area contributed by atoms with Gasteiger partial charge in [0.25, 0.3) is 0 Å². The normalized spacial score (nSPS) is 15.9. The number of hydrogen-bond acceptors (Lipinski definition) is 7. The Morgan fingerprint density at radius 3 is 2.86 bits per heavy atom. The number of nitrogen functional groups attached to an aromatic ring is 1. The Kier molecular flexibility index (Phi) is 4.91. The molecule has 118 valence electrons. The van der Waals surface area contributed by atoms with Crippen molar-refractivity contribution in [2.45, 2.75) is 0 Å². The second-order valence-electron chi connectivity index (χ2n) is 4.95. The van der Waals surface area contributed by atoms with E-state index in [4.69, 9.17) is 14.9 Å². The number of hydrogen-bond donors (Lipinski definition) is 2. The molecule has 1 fully saturated rings. The van der Waals surface area contributed by atoms with Crippen molar-refractivity contribution in [3.8, 4) is 11.5 Å². The molecule has 1 aliphatic rings. The number of rotatable bonds is 5. The molecule has 7 nitrogen and oxygen atoms in total. The van der Waals surface area contributed by atoms with Gasteiger partial charge in [0.05, 0.1) is 23.9 Å². The molecule has 3 N–H and O–H groups in total. The Balaban J connectivity index is 1.68. The van der Waals surface area contributed by atoms with Gasteiger partial charge in [-0.3, -0.25) is 4.90 Å². The number of ether oxygens (including phenoxy) is 1. The second kappa shape index (κ2) is 7.08. The maximum Gasteiger partial charge on any atom is 0.222 e. The van der Waals surface area contributed by atoms with Gasteiger partial charge in [0.2, 0.25) is 5.95 Å².